The Balaban J connectivity index is 0.000000162. The molecule has 4 rings (SSSR count). The van der Waals surface area contributed by atoms with E-state index in [1.54, 1.807) is 0 Å². The van der Waals surface area contributed by atoms with Crippen LogP contribution in [0.25, 0.3) is 0 Å². The lowest BCUT2D eigenvalue weighted by atomic mass is 9.71. The van der Waals surface area contributed by atoms with Gasteiger partial charge in [0.1, 0.15) is 0 Å². The van der Waals surface area contributed by atoms with Crippen LogP contribution in [-0.2, 0) is 0 Å². The second-order valence-electron chi connectivity index (χ2n) is 8.19. The molecule has 28 heavy (non-hydrogen) atoms. The van der Waals surface area contributed by atoms with Gasteiger partial charge in [0.25, 0.3) is 0 Å². The average Bonchev–Trinajstić information content (AvgIpc) is 2.76. The lowest BCUT2D eigenvalue weighted by molar-refractivity contribution is 0.420. The van der Waals surface area contributed by atoms with Crippen LogP contribution in [-0.4, -0.2) is 17.2 Å². The van der Waals surface area contributed by atoms with E-state index in [2.05, 4.69) is 40.2 Å². The van der Waals surface area contributed by atoms with E-state index in [4.69, 9.17) is 0 Å². The molecule has 2 N–H and O–H groups in total. The number of hydrogen-bond donors (Lipinski definition) is 2. The standard InChI is InChI=1S/C12H17BO2.C12H15Br/c14-13(15)12-9-5-4-8-11(12)10-6-2-1-3-7-10;13-12-9-5-4-8-11(12)10-6-2-1-3-7-10/h4-5,8-10,14-15H,1-3,6-7H2;4-5,8-10H,1-3,6-7H2. The van der Waals surface area contributed by atoms with E-state index < -0.39 is 7.12 Å². The summed E-state index contributed by atoms with van der Waals surface area (Å²) in [6.07, 6.45) is 13.2. The minimum absolute atomic E-state index is 0.525. The quantitative estimate of drug-likeness (QED) is 0.579. The van der Waals surface area contributed by atoms with Crippen molar-refractivity contribution in [3.8, 4) is 0 Å². The molecule has 0 heterocycles. The molecule has 2 aliphatic rings. The third kappa shape index (κ3) is 5.95. The predicted octanol–water partition coefficient (Wildman–Crippen LogP) is 5.91. The third-order valence-electron chi connectivity index (χ3n) is 6.27. The molecule has 2 fully saturated rings. The summed E-state index contributed by atoms with van der Waals surface area (Å²) >= 11 is 3.63. The predicted molar refractivity (Wildman–Crippen MR) is 122 cm³/mol. The number of rotatable bonds is 3. The molecule has 2 aromatic carbocycles. The highest BCUT2D eigenvalue weighted by Gasteiger charge is 2.22. The smallest absolute Gasteiger partial charge is 0.423 e. The van der Waals surface area contributed by atoms with Crippen molar-refractivity contribution < 1.29 is 10.0 Å². The topological polar surface area (TPSA) is 40.5 Å². The minimum atomic E-state index is -1.33. The molecule has 0 aromatic heterocycles. The molecule has 0 radical (unpaired) electrons. The van der Waals surface area contributed by atoms with Gasteiger partial charge in [-0.25, -0.2) is 0 Å². The molecule has 0 aliphatic heterocycles. The fraction of sp³-hybridized carbons (Fsp3) is 0.500. The Morgan fingerprint density at radius 3 is 1.64 bits per heavy atom. The molecule has 0 bridgehead atoms. The van der Waals surface area contributed by atoms with Crippen molar-refractivity contribution in [1.82, 2.24) is 0 Å². The van der Waals surface area contributed by atoms with Gasteiger partial charge < -0.3 is 10.0 Å². The SMILES string of the molecule is Brc1ccccc1C1CCCCC1.OB(O)c1ccccc1C1CCCCC1. The zero-order valence-corrected chi connectivity index (χ0v) is 18.3. The number of hydrogen-bond acceptors (Lipinski definition) is 2. The second-order valence-corrected chi connectivity index (χ2v) is 9.05. The minimum Gasteiger partial charge on any atom is -0.423 e. The maximum atomic E-state index is 9.29. The molecular weight excluding hydrogens is 411 g/mol. The molecule has 2 saturated carbocycles. The van der Waals surface area contributed by atoms with Crippen LogP contribution < -0.4 is 5.46 Å². The van der Waals surface area contributed by atoms with Gasteiger partial charge in [0, 0.05) is 4.47 Å². The van der Waals surface area contributed by atoms with Crippen LogP contribution in [0.3, 0.4) is 0 Å². The van der Waals surface area contributed by atoms with Crippen molar-refractivity contribution in [2.45, 2.75) is 76.0 Å². The molecule has 2 nitrogen and oxygen atoms in total. The fourth-order valence-electron chi connectivity index (χ4n) is 4.75. The van der Waals surface area contributed by atoms with Crippen molar-refractivity contribution in [2.75, 3.05) is 0 Å². The Labute approximate surface area is 178 Å². The molecule has 2 aromatic rings. The van der Waals surface area contributed by atoms with E-state index in [-0.39, 0.29) is 0 Å². The third-order valence-corrected chi connectivity index (χ3v) is 6.99. The summed E-state index contributed by atoms with van der Waals surface area (Å²) in [5.41, 5.74) is 3.33. The first kappa shape index (κ1) is 21.6. The molecule has 0 atom stereocenters. The Morgan fingerprint density at radius 1 is 0.643 bits per heavy atom. The molecular formula is C24H32BBrO2. The Bertz CT molecular complexity index is 722. The van der Waals surface area contributed by atoms with Gasteiger partial charge in [0.2, 0.25) is 0 Å². The van der Waals surface area contributed by atoms with Gasteiger partial charge in [0.05, 0.1) is 0 Å². The summed E-state index contributed by atoms with van der Waals surface area (Å²) in [4.78, 5) is 0. The van der Waals surface area contributed by atoms with Gasteiger partial charge in [-0.15, -0.1) is 0 Å². The Morgan fingerprint density at radius 2 is 1.11 bits per heavy atom. The summed E-state index contributed by atoms with van der Waals surface area (Å²) in [5.74, 6) is 1.33. The van der Waals surface area contributed by atoms with E-state index in [1.807, 2.05) is 24.3 Å². The van der Waals surface area contributed by atoms with Crippen molar-refractivity contribution >= 4 is 28.5 Å². The van der Waals surface area contributed by atoms with Gasteiger partial charge in [0.15, 0.2) is 0 Å². The van der Waals surface area contributed by atoms with Crippen molar-refractivity contribution in [3.63, 3.8) is 0 Å². The maximum absolute atomic E-state index is 9.29. The Hall–Kier alpha value is -1.10. The summed E-state index contributed by atoms with van der Waals surface area (Å²) in [5, 5.41) is 18.6. The van der Waals surface area contributed by atoms with E-state index in [0.717, 1.165) is 11.5 Å². The van der Waals surface area contributed by atoms with Crippen LogP contribution in [0.1, 0.15) is 87.2 Å². The van der Waals surface area contributed by atoms with Gasteiger partial charge in [-0.2, -0.15) is 0 Å². The van der Waals surface area contributed by atoms with Gasteiger partial charge in [-0.05, 0) is 60.2 Å². The summed E-state index contributed by atoms with van der Waals surface area (Å²) in [6.45, 7) is 0. The highest BCUT2D eigenvalue weighted by atomic mass is 79.9. The van der Waals surface area contributed by atoms with E-state index in [0.29, 0.717) is 11.4 Å². The van der Waals surface area contributed by atoms with Crippen LogP contribution in [0, 0.1) is 0 Å². The van der Waals surface area contributed by atoms with Crippen LogP contribution in [0.4, 0.5) is 0 Å². The lowest BCUT2D eigenvalue weighted by Crippen LogP contribution is -2.34. The van der Waals surface area contributed by atoms with Crippen LogP contribution in [0.2, 0.25) is 0 Å². The monoisotopic (exact) mass is 442 g/mol. The highest BCUT2D eigenvalue weighted by molar-refractivity contribution is 9.10. The summed E-state index contributed by atoms with van der Waals surface area (Å²) in [7, 11) is -1.33. The Kier molecular flexibility index (Phi) is 8.63. The van der Waals surface area contributed by atoms with Crippen LogP contribution in [0.5, 0.6) is 0 Å². The molecule has 2 aliphatic carbocycles. The van der Waals surface area contributed by atoms with Crippen molar-refractivity contribution in [3.05, 3.63) is 64.1 Å². The van der Waals surface area contributed by atoms with E-state index in [9.17, 15) is 10.0 Å². The molecule has 0 amide bonds. The first-order valence-corrected chi connectivity index (χ1v) is 11.7. The fourth-order valence-corrected chi connectivity index (χ4v) is 5.36. The van der Waals surface area contributed by atoms with Gasteiger partial charge >= 0.3 is 7.12 Å². The molecule has 4 heteroatoms. The van der Waals surface area contributed by atoms with Crippen LogP contribution in [0.15, 0.2) is 53.0 Å². The summed E-state index contributed by atoms with van der Waals surface area (Å²) in [6, 6.07) is 16.4. The average molecular weight is 443 g/mol. The molecule has 0 unspecified atom stereocenters. The highest BCUT2D eigenvalue weighted by Crippen LogP contribution is 2.36. The molecule has 0 saturated heterocycles. The molecule has 150 valence electrons. The summed E-state index contributed by atoms with van der Waals surface area (Å²) < 4.78 is 1.29. The maximum Gasteiger partial charge on any atom is 0.488 e. The molecule has 0 spiro atoms. The second kappa shape index (κ2) is 11.2. The van der Waals surface area contributed by atoms with Gasteiger partial charge in [-0.1, -0.05) is 96.9 Å². The zero-order chi connectivity index (χ0) is 19.8. The van der Waals surface area contributed by atoms with E-state index >= 15 is 0 Å². The van der Waals surface area contributed by atoms with Crippen LogP contribution >= 0.6 is 15.9 Å². The van der Waals surface area contributed by atoms with Crippen molar-refractivity contribution in [2.24, 2.45) is 0 Å². The van der Waals surface area contributed by atoms with Crippen molar-refractivity contribution in [1.29, 1.82) is 0 Å². The largest absolute Gasteiger partial charge is 0.488 e. The number of benzene rings is 2. The first-order valence-electron chi connectivity index (χ1n) is 10.9. The number of halogens is 1. The lowest BCUT2D eigenvalue weighted by Gasteiger charge is -2.24. The first-order chi connectivity index (χ1) is 13.7. The van der Waals surface area contributed by atoms with E-state index in [1.165, 1.54) is 74.2 Å². The van der Waals surface area contributed by atoms with Gasteiger partial charge in [-0.3, -0.25) is 0 Å². The normalized spacial score (nSPS) is 18.2. The zero-order valence-electron chi connectivity index (χ0n) is 16.7.